The van der Waals surface area contributed by atoms with Crippen LogP contribution in [0, 0.1) is 0 Å². The number of hydrogen-bond acceptors (Lipinski definition) is 7. The zero-order valence-electron chi connectivity index (χ0n) is 16.1. The molecule has 0 N–H and O–H groups in total. The van der Waals surface area contributed by atoms with E-state index in [2.05, 4.69) is 10.3 Å². The van der Waals surface area contributed by atoms with Gasteiger partial charge >= 0.3 is 0 Å². The summed E-state index contributed by atoms with van der Waals surface area (Å²) in [6, 6.07) is 3.35. The van der Waals surface area contributed by atoms with Crippen LogP contribution in [-0.2, 0) is 21.3 Å². The second-order valence-electron chi connectivity index (χ2n) is 7.26. The largest absolute Gasteiger partial charge is 0.378 e. The number of piperidine rings is 1. The average Bonchev–Trinajstić information content (AvgIpc) is 3.45. The molecule has 29 heavy (non-hydrogen) atoms. The number of aryl methyl sites for hydroxylation is 1. The molecule has 4 heterocycles. The van der Waals surface area contributed by atoms with Crippen LogP contribution in [0.15, 0.2) is 27.9 Å². The SMILES string of the molecule is O=C(c1cn(CCC2CCCCN2S(=O)(=O)c2cccs2)nn1)N1CCOCC1. The van der Waals surface area contributed by atoms with Gasteiger partial charge in [0.2, 0.25) is 0 Å². The molecule has 158 valence electrons. The van der Waals surface area contributed by atoms with E-state index in [1.165, 1.54) is 11.3 Å². The highest BCUT2D eigenvalue weighted by molar-refractivity contribution is 7.91. The van der Waals surface area contributed by atoms with E-state index in [1.807, 2.05) is 0 Å². The second-order valence-corrected chi connectivity index (χ2v) is 10.3. The molecule has 0 radical (unpaired) electrons. The minimum Gasteiger partial charge on any atom is -0.378 e. The maximum absolute atomic E-state index is 13.0. The predicted molar refractivity (Wildman–Crippen MR) is 107 cm³/mol. The number of carbonyl (C=O) groups is 1. The summed E-state index contributed by atoms with van der Waals surface area (Å²) >= 11 is 1.25. The van der Waals surface area contributed by atoms with Crippen molar-refractivity contribution >= 4 is 27.3 Å². The molecule has 1 unspecified atom stereocenters. The summed E-state index contributed by atoms with van der Waals surface area (Å²) in [5.41, 5.74) is 0.318. The Balaban J connectivity index is 1.40. The van der Waals surface area contributed by atoms with Crippen LogP contribution < -0.4 is 0 Å². The fraction of sp³-hybridized carbons (Fsp3) is 0.611. The molecule has 0 saturated carbocycles. The Bertz CT molecular complexity index is 922. The van der Waals surface area contributed by atoms with E-state index in [4.69, 9.17) is 4.74 Å². The summed E-state index contributed by atoms with van der Waals surface area (Å²) < 4.78 is 34.9. The van der Waals surface area contributed by atoms with Gasteiger partial charge in [-0.05, 0) is 30.7 Å². The van der Waals surface area contributed by atoms with Gasteiger partial charge in [0.05, 0.1) is 19.4 Å². The van der Waals surface area contributed by atoms with Crippen LogP contribution in [0.3, 0.4) is 0 Å². The molecule has 9 nitrogen and oxygen atoms in total. The number of carbonyl (C=O) groups excluding carboxylic acids is 1. The molecule has 1 atom stereocenters. The molecule has 2 aliphatic rings. The van der Waals surface area contributed by atoms with Crippen LogP contribution >= 0.6 is 11.3 Å². The third-order valence-corrected chi connectivity index (χ3v) is 8.70. The molecule has 11 heteroatoms. The fourth-order valence-electron chi connectivity index (χ4n) is 3.82. The highest BCUT2D eigenvalue weighted by Gasteiger charge is 2.34. The molecule has 2 aromatic rings. The van der Waals surface area contributed by atoms with Crippen LogP contribution in [0.2, 0.25) is 0 Å². The standard InChI is InChI=1S/C18H25N5O4S2/c24-18(21-9-11-27-12-10-21)16-14-22(20-19-16)8-6-15-4-1-2-7-23(15)29(25,26)17-5-3-13-28-17/h3,5,13-15H,1-2,4,6-12H2. The van der Waals surface area contributed by atoms with Crippen molar-refractivity contribution in [3.05, 3.63) is 29.4 Å². The molecular formula is C18H25N5O4S2. The summed E-state index contributed by atoms with van der Waals surface area (Å²) in [6.07, 6.45) is 5.01. The van der Waals surface area contributed by atoms with E-state index in [-0.39, 0.29) is 11.9 Å². The lowest BCUT2D eigenvalue weighted by molar-refractivity contribution is 0.0299. The number of sulfonamides is 1. The van der Waals surface area contributed by atoms with Crippen LogP contribution in [0.25, 0.3) is 0 Å². The summed E-state index contributed by atoms with van der Waals surface area (Å²) in [5, 5.41) is 9.88. The highest BCUT2D eigenvalue weighted by atomic mass is 32.2. The number of morpholine rings is 1. The summed E-state index contributed by atoms with van der Waals surface area (Å²) in [7, 11) is -3.46. The molecule has 0 aliphatic carbocycles. The number of hydrogen-bond donors (Lipinski definition) is 0. The molecule has 2 fully saturated rings. The maximum Gasteiger partial charge on any atom is 0.276 e. The Morgan fingerprint density at radius 3 is 2.83 bits per heavy atom. The smallest absolute Gasteiger partial charge is 0.276 e. The number of rotatable bonds is 6. The Hall–Kier alpha value is -1.82. The Morgan fingerprint density at radius 1 is 1.24 bits per heavy atom. The van der Waals surface area contributed by atoms with Gasteiger partial charge in [-0.15, -0.1) is 16.4 Å². The van der Waals surface area contributed by atoms with Crippen LogP contribution in [0.4, 0.5) is 0 Å². The second kappa shape index (κ2) is 8.90. The number of aromatic nitrogens is 3. The van der Waals surface area contributed by atoms with E-state index < -0.39 is 10.0 Å². The molecule has 0 aromatic carbocycles. The monoisotopic (exact) mass is 439 g/mol. The first kappa shape index (κ1) is 20.5. The number of ether oxygens (including phenoxy) is 1. The quantitative estimate of drug-likeness (QED) is 0.676. The maximum atomic E-state index is 13.0. The van der Waals surface area contributed by atoms with Crippen molar-refractivity contribution in [3.8, 4) is 0 Å². The van der Waals surface area contributed by atoms with Gasteiger partial charge in [-0.1, -0.05) is 17.7 Å². The Kier molecular flexibility index (Phi) is 6.28. The van der Waals surface area contributed by atoms with E-state index in [0.29, 0.717) is 55.7 Å². The lowest BCUT2D eigenvalue weighted by Gasteiger charge is -2.34. The van der Waals surface area contributed by atoms with Crippen molar-refractivity contribution in [2.45, 2.75) is 42.5 Å². The van der Waals surface area contributed by atoms with E-state index in [0.717, 1.165) is 19.3 Å². The van der Waals surface area contributed by atoms with Crippen molar-refractivity contribution in [2.75, 3.05) is 32.8 Å². The van der Waals surface area contributed by atoms with Crippen molar-refractivity contribution in [3.63, 3.8) is 0 Å². The van der Waals surface area contributed by atoms with Crippen LogP contribution in [0.5, 0.6) is 0 Å². The first-order valence-corrected chi connectivity index (χ1v) is 12.2. The van der Waals surface area contributed by atoms with Gasteiger partial charge in [0.25, 0.3) is 15.9 Å². The number of thiophene rings is 1. The summed E-state index contributed by atoms with van der Waals surface area (Å²) in [5.74, 6) is -0.140. The van der Waals surface area contributed by atoms with Gasteiger partial charge < -0.3 is 9.64 Å². The first-order valence-electron chi connectivity index (χ1n) is 9.88. The zero-order valence-corrected chi connectivity index (χ0v) is 17.8. The molecule has 0 spiro atoms. The summed E-state index contributed by atoms with van der Waals surface area (Å²) in [6.45, 7) is 3.26. The normalized spacial score (nSPS) is 21.4. The van der Waals surface area contributed by atoms with Gasteiger partial charge in [0.15, 0.2) is 5.69 Å². The topological polar surface area (TPSA) is 97.6 Å². The van der Waals surface area contributed by atoms with Gasteiger partial charge in [0.1, 0.15) is 4.21 Å². The Morgan fingerprint density at radius 2 is 2.07 bits per heavy atom. The summed E-state index contributed by atoms with van der Waals surface area (Å²) in [4.78, 5) is 14.2. The van der Waals surface area contributed by atoms with Gasteiger partial charge in [-0.25, -0.2) is 8.42 Å². The van der Waals surface area contributed by atoms with Gasteiger partial charge in [-0.2, -0.15) is 4.31 Å². The van der Waals surface area contributed by atoms with Gasteiger partial charge in [0, 0.05) is 32.2 Å². The van der Waals surface area contributed by atoms with Crippen LogP contribution in [-0.4, -0.2) is 77.4 Å². The van der Waals surface area contributed by atoms with E-state index >= 15 is 0 Å². The molecule has 4 rings (SSSR count). The fourth-order valence-corrected chi connectivity index (χ4v) is 6.66. The lowest BCUT2D eigenvalue weighted by Crippen LogP contribution is -2.43. The van der Waals surface area contributed by atoms with Crippen molar-refractivity contribution in [1.29, 1.82) is 0 Å². The van der Waals surface area contributed by atoms with Gasteiger partial charge in [-0.3, -0.25) is 9.48 Å². The molecule has 2 aromatic heterocycles. The number of amides is 1. The van der Waals surface area contributed by atoms with E-state index in [9.17, 15) is 13.2 Å². The molecule has 0 bridgehead atoms. The Labute approximate surface area is 174 Å². The lowest BCUT2D eigenvalue weighted by atomic mass is 10.0. The molecular weight excluding hydrogens is 414 g/mol. The molecule has 2 aliphatic heterocycles. The third-order valence-electron chi connectivity index (χ3n) is 5.38. The average molecular weight is 440 g/mol. The van der Waals surface area contributed by atoms with Crippen molar-refractivity contribution in [2.24, 2.45) is 0 Å². The van der Waals surface area contributed by atoms with E-state index in [1.54, 1.807) is 37.6 Å². The highest BCUT2D eigenvalue weighted by Crippen LogP contribution is 2.29. The molecule has 2 saturated heterocycles. The third kappa shape index (κ3) is 4.52. The predicted octanol–water partition coefficient (Wildman–Crippen LogP) is 1.45. The molecule has 1 amide bonds. The zero-order chi connectivity index (χ0) is 20.3. The minimum absolute atomic E-state index is 0.0709. The first-order chi connectivity index (χ1) is 14.1. The van der Waals surface area contributed by atoms with Crippen molar-refractivity contribution in [1.82, 2.24) is 24.2 Å². The number of nitrogens with zero attached hydrogens (tertiary/aromatic N) is 5. The van der Waals surface area contributed by atoms with Crippen LogP contribution in [0.1, 0.15) is 36.2 Å². The minimum atomic E-state index is -3.46. The van der Waals surface area contributed by atoms with Crippen molar-refractivity contribution < 1.29 is 17.9 Å².